The second-order valence-corrected chi connectivity index (χ2v) is 4.79. The molecule has 0 saturated carbocycles. The van der Waals surface area contributed by atoms with Crippen molar-refractivity contribution in [1.29, 1.82) is 0 Å². The van der Waals surface area contributed by atoms with Gasteiger partial charge in [-0.05, 0) is 48.4 Å². The van der Waals surface area contributed by atoms with Crippen LogP contribution in [-0.4, -0.2) is 25.9 Å². The average Bonchev–Trinajstić information content (AvgIpc) is 2.51. The molecule has 4 nitrogen and oxygen atoms in total. The van der Waals surface area contributed by atoms with E-state index in [4.69, 9.17) is 9.47 Å². The van der Waals surface area contributed by atoms with Crippen LogP contribution in [0.3, 0.4) is 0 Å². The van der Waals surface area contributed by atoms with E-state index in [1.165, 1.54) is 5.56 Å². The van der Waals surface area contributed by atoms with Crippen LogP contribution in [-0.2, 0) is 13.0 Å². The van der Waals surface area contributed by atoms with Gasteiger partial charge in [-0.15, -0.1) is 0 Å². The number of nitrogens with one attached hydrogen (secondary N) is 1. The molecule has 0 aliphatic heterocycles. The lowest BCUT2D eigenvalue weighted by molar-refractivity contribution is 0.354. The molecule has 0 aromatic heterocycles. The molecule has 0 saturated heterocycles. The molecule has 0 amide bonds. The maximum absolute atomic E-state index is 9.40. The predicted molar refractivity (Wildman–Crippen MR) is 83.1 cm³/mol. The number of hydrogen-bond donors (Lipinski definition) is 2. The Balaban J connectivity index is 1.83. The number of aromatic hydroxyl groups is 1. The number of methoxy groups -OCH3 is 2. The van der Waals surface area contributed by atoms with Gasteiger partial charge in [-0.3, -0.25) is 0 Å². The number of ether oxygens (including phenoxy) is 2. The average molecular weight is 287 g/mol. The minimum Gasteiger partial charge on any atom is -0.508 e. The van der Waals surface area contributed by atoms with Gasteiger partial charge in [0.25, 0.3) is 0 Å². The first-order chi connectivity index (χ1) is 10.2. The van der Waals surface area contributed by atoms with Gasteiger partial charge in [-0.25, -0.2) is 0 Å². The van der Waals surface area contributed by atoms with E-state index in [0.717, 1.165) is 36.6 Å². The third kappa shape index (κ3) is 4.39. The summed E-state index contributed by atoms with van der Waals surface area (Å²) in [4.78, 5) is 0. The smallest absolute Gasteiger partial charge is 0.160 e. The maximum Gasteiger partial charge on any atom is 0.160 e. The fourth-order valence-electron chi connectivity index (χ4n) is 2.17. The zero-order valence-corrected chi connectivity index (χ0v) is 12.4. The maximum atomic E-state index is 9.40. The topological polar surface area (TPSA) is 50.7 Å². The Kier molecular flexibility index (Phi) is 5.46. The van der Waals surface area contributed by atoms with E-state index in [1.54, 1.807) is 26.4 Å². The van der Waals surface area contributed by atoms with E-state index in [2.05, 4.69) is 5.32 Å². The van der Waals surface area contributed by atoms with Crippen LogP contribution < -0.4 is 14.8 Å². The Labute approximate surface area is 125 Å². The third-order valence-corrected chi connectivity index (χ3v) is 3.28. The van der Waals surface area contributed by atoms with Gasteiger partial charge in [0.2, 0.25) is 0 Å². The van der Waals surface area contributed by atoms with Crippen LogP contribution >= 0.6 is 0 Å². The summed E-state index contributed by atoms with van der Waals surface area (Å²) in [6.45, 7) is 1.59. The molecule has 2 rings (SSSR count). The first-order valence-corrected chi connectivity index (χ1v) is 6.92. The Hall–Kier alpha value is -2.20. The first kappa shape index (κ1) is 15.2. The molecular weight excluding hydrogens is 266 g/mol. The van der Waals surface area contributed by atoms with Gasteiger partial charge in [0.05, 0.1) is 14.2 Å². The van der Waals surface area contributed by atoms with Crippen molar-refractivity contribution in [2.45, 2.75) is 13.0 Å². The van der Waals surface area contributed by atoms with Crippen molar-refractivity contribution in [3.8, 4) is 17.2 Å². The molecule has 2 aromatic rings. The van der Waals surface area contributed by atoms with Gasteiger partial charge in [-0.1, -0.05) is 18.2 Å². The molecule has 2 N–H and O–H groups in total. The molecule has 0 spiro atoms. The highest BCUT2D eigenvalue weighted by atomic mass is 16.5. The molecule has 0 atom stereocenters. The minimum atomic E-state index is 0.300. The van der Waals surface area contributed by atoms with Gasteiger partial charge in [0.1, 0.15) is 5.75 Å². The highest BCUT2D eigenvalue weighted by Crippen LogP contribution is 2.27. The molecule has 21 heavy (non-hydrogen) atoms. The van der Waals surface area contributed by atoms with Crippen molar-refractivity contribution >= 4 is 0 Å². The summed E-state index contributed by atoms with van der Waals surface area (Å²) in [5, 5.41) is 12.8. The highest BCUT2D eigenvalue weighted by Gasteiger charge is 2.04. The summed E-state index contributed by atoms with van der Waals surface area (Å²) in [6, 6.07) is 13.2. The molecule has 0 aliphatic carbocycles. The first-order valence-electron chi connectivity index (χ1n) is 6.92. The lowest BCUT2D eigenvalue weighted by atomic mass is 10.1. The lowest BCUT2D eigenvalue weighted by Crippen LogP contribution is -2.16. The van der Waals surface area contributed by atoms with E-state index in [-0.39, 0.29) is 0 Å². The van der Waals surface area contributed by atoms with Gasteiger partial charge in [0, 0.05) is 6.54 Å². The van der Waals surface area contributed by atoms with E-state index in [9.17, 15) is 5.11 Å². The number of hydrogen-bond acceptors (Lipinski definition) is 4. The largest absolute Gasteiger partial charge is 0.508 e. The number of phenols is 1. The SMILES string of the molecule is COc1ccc(CCNCc2cccc(O)c2)cc1OC. The van der Waals surface area contributed by atoms with Crippen LogP contribution in [0, 0.1) is 0 Å². The summed E-state index contributed by atoms with van der Waals surface area (Å²) < 4.78 is 10.5. The van der Waals surface area contributed by atoms with Crippen molar-refractivity contribution in [2.24, 2.45) is 0 Å². The van der Waals surface area contributed by atoms with E-state index in [0.29, 0.717) is 5.75 Å². The summed E-state index contributed by atoms with van der Waals surface area (Å²) in [6.07, 6.45) is 0.902. The zero-order chi connectivity index (χ0) is 15.1. The van der Waals surface area contributed by atoms with Crippen LogP contribution in [0.2, 0.25) is 0 Å². The van der Waals surface area contributed by atoms with Crippen molar-refractivity contribution in [2.75, 3.05) is 20.8 Å². The van der Waals surface area contributed by atoms with Gasteiger partial charge in [-0.2, -0.15) is 0 Å². The summed E-state index contributed by atoms with van der Waals surface area (Å²) in [5.41, 5.74) is 2.26. The molecule has 112 valence electrons. The summed E-state index contributed by atoms with van der Waals surface area (Å²) in [5.74, 6) is 1.80. The number of phenolic OH excluding ortho intramolecular Hbond substituents is 1. The molecule has 0 bridgehead atoms. The van der Waals surface area contributed by atoms with Crippen LogP contribution in [0.4, 0.5) is 0 Å². The van der Waals surface area contributed by atoms with Crippen molar-refractivity contribution in [3.63, 3.8) is 0 Å². The van der Waals surface area contributed by atoms with E-state index >= 15 is 0 Å². The Bertz CT molecular complexity index is 584. The normalized spacial score (nSPS) is 10.4. The van der Waals surface area contributed by atoms with Crippen LogP contribution in [0.25, 0.3) is 0 Å². The second-order valence-electron chi connectivity index (χ2n) is 4.79. The standard InChI is InChI=1S/C17H21NO3/c1-20-16-7-6-13(11-17(16)21-2)8-9-18-12-14-4-3-5-15(19)10-14/h3-7,10-11,18-19H,8-9,12H2,1-2H3. The Morgan fingerprint density at radius 1 is 0.952 bits per heavy atom. The minimum absolute atomic E-state index is 0.300. The Morgan fingerprint density at radius 3 is 2.48 bits per heavy atom. The molecule has 4 heteroatoms. The fourth-order valence-corrected chi connectivity index (χ4v) is 2.17. The Morgan fingerprint density at radius 2 is 1.76 bits per heavy atom. The zero-order valence-electron chi connectivity index (χ0n) is 12.4. The van der Waals surface area contributed by atoms with E-state index in [1.807, 2.05) is 30.3 Å². The van der Waals surface area contributed by atoms with Crippen LogP contribution in [0.15, 0.2) is 42.5 Å². The van der Waals surface area contributed by atoms with Gasteiger partial charge < -0.3 is 19.9 Å². The molecule has 0 unspecified atom stereocenters. The monoisotopic (exact) mass is 287 g/mol. The highest BCUT2D eigenvalue weighted by molar-refractivity contribution is 5.42. The summed E-state index contributed by atoms with van der Waals surface area (Å²) in [7, 11) is 3.27. The molecule has 0 radical (unpaired) electrons. The van der Waals surface area contributed by atoms with Crippen LogP contribution in [0.5, 0.6) is 17.2 Å². The third-order valence-electron chi connectivity index (χ3n) is 3.28. The second kappa shape index (κ2) is 7.55. The molecule has 2 aromatic carbocycles. The van der Waals surface area contributed by atoms with E-state index < -0.39 is 0 Å². The molecular formula is C17H21NO3. The van der Waals surface area contributed by atoms with Crippen molar-refractivity contribution in [1.82, 2.24) is 5.32 Å². The fraction of sp³-hybridized carbons (Fsp3) is 0.294. The van der Waals surface area contributed by atoms with Crippen molar-refractivity contribution in [3.05, 3.63) is 53.6 Å². The molecule has 0 aliphatic rings. The number of rotatable bonds is 7. The predicted octanol–water partition coefficient (Wildman–Crippen LogP) is 2.74. The molecule has 0 fully saturated rings. The quantitative estimate of drug-likeness (QED) is 0.769. The summed E-state index contributed by atoms with van der Waals surface area (Å²) >= 11 is 0. The van der Waals surface area contributed by atoms with Crippen LogP contribution in [0.1, 0.15) is 11.1 Å². The molecule has 0 heterocycles. The van der Waals surface area contributed by atoms with Crippen molar-refractivity contribution < 1.29 is 14.6 Å². The van der Waals surface area contributed by atoms with Gasteiger partial charge >= 0.3 is 0 Å². The number of benzene rings is 2. The lowest BCUT2D eigenvalue weighted by Gasteiger charge is -2.10. The van der Waals surface area contributed by atoms with Gasteiger partial charge in [0.15, 0.2) is 11.5 Å².